The van der Waals surface area contributed by atoms with Gasteiger partial charge in [-0.1, -0.05) is 41.9 Å². The number of hydrogen-bond acceptors (Lipinski definition) is 3. The molecule has 2 rings (SSSR count). The molecule has 0 aromatic heterocycles. The Morgan fingerprint density at radius 3 is 2.57 bits per heavy atom. The molecule has 0 radical (unpaired) electrons. The van der Waals surface area contributed by atoms with Gasteiger partial charge in [-0.25, -0.2) is 0 Å². The van der Waals surface area contributed by atoms with Crippen molar-refractivity contribution in [2.75, 3.05) is 20.8 Å². The van der Waals surface area contributed by atoms with E-state index in [9.17, 15) is 9.90 Å². The van der Waals surface area contributed by atoms with Gasteiger partial charge in [0.05, 0.1) is 18.2 Å². The summed E-state index contributed by atoms with van der Waals surface area (Å²) < 4.78 is 5.17. The van der Waals surface area contributed by atoms with Crippen molar-refractivity contribution in [2.45, 2.75) is 12.5 Å². The Balaban J connectivity index is 2.29. The minimum Gasteiger partial charge on any atom is -0.495 e. The number of amides is 1. The van der Waals surface area contributed by atoms with Gasteiger partial charge in [-0.15, -0.1) is 0 Å². The molecule has 1 N–H and O–H groups in total. The molecule has 1 unspecified atom stereocenters. The minimum atomic E-state index is -0.199. The van der Waals surface area contributed by atoms with Gasteiger partial charge >= 0.3 is 0 Å². The topological polar surface area (TPSA) is 49.8 Å². The summed E-state index contributed by atoms with van der Waals surface area (Å²) in [6.07, 6.45) is 0.469. The molecule has 2 aromatic carbocycles. The van der Waals surface area contributed by atoms with Gasteiger partial charge in [-0.05, 0) is 30.2 Å². The molecule has 0 bridgehead atoms. The second-order valence-electron chi connectivity index (χ2n) is 5.20. The van der Waals surface area contributed by atoms with E-state index in [1.54, 1.807) is 30.1 Å². The van der Waals surface area contributed by atoms with Crippen molar-refractivity contribution < 1.29 is 14.6 Å². The summed E-state index contributed by atoms with van der Waals surface area (Å²) in [7, 11) is 3.24. The highest BCUT2D eigenvalue weighted by molar-refractivity contribution is 6.32. The predicted octanol–water partition coefficient (Wildman–Crippen LogP) is 3.54. The zero-order valence-corrected chi connectivity index (χ0v) is 14.0. The van der Waals surface area contributed by atoms with Gasteiger partial charge in [0.15, 0.2) is 0 Å². The lowest BCUT2D eigenvalue weighted by Crippen LogP contribution is -2.32. The molecule has 1 atom stereocenters. The highest BCUT2D eigenvalue weighted by Crippen LogP contribution is 2.28. The largest absolute Gasteiger partial charge is 0.495 e. The lowest BCUT2D eigenvalue weighted by molar-refractivity contribution is 0.0705. The van der Waals surface area contributed by atoms with E-state index >= 15 is 0 Å². The Bertz CT molecular complexity index is 661. The Kier molecular flexibility index (Phi) is 6.02. The summed E-state index contributed by atoms with van der Waals surface area (Å²) >= 11 is 6.01. The van der Waals surface area contributed by atoms with E-state index in [4.69, 9.17) is 16.3 Å². The van der Waals surface area contributed by atoms with E-state index in [0.29, 0.717) is 22.8 Å². The lowest BCUT2D eigenvalue weighted by Gasteiger charge is -2.28. The van der Waals surface area contributed by atoms with Crippen LogP contribution in [-0.4, -0.2) is 36.7 Å². The molecule has 0 fully saturated rings. The van der Waals surface area contributed by atoms with E-state index in [0.717, 1.165) is 5.56 Å². The van der Waals surface area contributed by atoms with E-state index in [-0.39, 0.29) is 18.6 Å². The zero-order valence-electron chi connectivity index (χ0n) is 13.2. The van der Waals surface area contributed by atoms with E-state index < -0.39 is 0 Å². The summed E-state index contributed by atoms with van der Waals surface area (Å²) in [5.74, 6) is 0.312. The van der Waals surface area contributed by atoms with Crippen LogP contribution in [0.15, 0.2) is 48.5 Å². The van der Waals surface area contributed by atoms with Gasteiger partial charge in [0, 0.05) is 19.2 Å². The average molecular weight is 334 g/mol. The number of aliphatic hydroxyl groups excluding tert-OH is 1. The van der Waals surface area contributed by atoms with Crippen LogP contribution in [0.4, 0.5) is 0 Å². The van der Waals surface area contributed by atoms with Crippen molar-refractivity contribution in [1.82, 2.24) is 4.90 Å². The molecule has 122 valence electrons. The highest BCUT2D eigenvalue weighted by Gasteiger charge is 2.23. The maximum atomic E-state index is 12.8. The van der Waals surface area contributed by atoms with Crippen LogP contribution in [0.5, 0.6) is 5.75 Å². The summed E-state index contributed by atoms with van der Waals surface area (Å²) in [5, 5.41) is 9.80. The average Bonchev–Trinajstić information content (AvgIpc) is 2.59. The number of rotatable bonds is 6. The first-order valence-electron chi connectivity index (χ1n) is 7.35. The van der Waals surface area contributed by atoms with Crippen LogP contribution in [0.3, 0.4) is 0 Å². The molecule has 0 spiro atoms. The maximum Gasteiger partial charge on any atom is 0.254 e. The van der Waals surface area contributed by atoms with Crippen molar-refractivity contribution in [3.8, 4) is 5.75 Å². The number of carbonyl (C=O) groups is 1. The summed E-state index contributed by atoms with van der Waals surface area (Å²) in [4.78, 5) is 14.4. The third-order valence-corrected chi connectivity index (χ3v) is 4.09. The molecule has 23 heavy (non-hydrogen) atoms. The van der Waals surface area contributed by atoms with Gasteiger partial charge in [0.2, 0.25) is 0 Å². The molecule has 0 saturated heterocycles. The van der Waals surface area contributed by atoms with Crippen LogP contribution in [0, 0.1) is 0 Å². The van der Waals surface area contributed by atoms with E-state index in [2.05, 4.69) is 0 Å². The molecule has 1 amide bonds. The Morgan fingerprint density at radius 2 is 1.96 bits per heavy atom. The van der Waals surface area contributed by atoms with Crippen LogP contribution < -0.4 is 4.74 Å². The minimum absolute atomic E-state index is 0.00111. The Morgan fingerprint density at radius 1 is 1.26 bits per heavy atom. The van der Waals surface area contributed by atoms with Crippen molar-refractivity contribution in [1.29, 1.82) is 0 Å². The third-order valence-electron chi connectivity index (χ3n) is 3.77. The Labute approximate surface area is 141 Å². The molecule has 4 nitrogen and oxygen atoms in total. The van der Waals surface area contributed by atoms with E-state index in [1.165, 1.54) is 7.11 Å². The van der Waals surface area contributed by atoms with Crippen molar-refractivity contribution in [2.24, 2.45) is 0 Å². The predicted molar refractivity (Wildman–Crippen MR) is 91.0 cm³/mol. The van der Waals surface area contributed by atoms with Crippen molar-refractivity contribution in [3.63, 3.8) is 0 Å². The maximum absolute atomic E-state index is 12.8. The monoisotopic (exact) mass is 333 g/mol. The Hall–Kier alpha value is -2.04. The lowest BCUT2D eigenvalue weighted by atomic mass is 10.0. The number of benzene rings is 2. The van der Waals surface area contributed by atoms with E-state index in [1.807, 2.05) is 30.3 Å². The fourth-order valence-electron chi connectivity index (χ4n) is 2.52. The van der Waals surface area contributed by atoms with Crippen molar-refractivity contribution >= 4 is 17.5 Å². The summed E-state index contributed by atoms with van der Waals surface area (Å²) in [6.45, 7) is 0.00111. The molecular formula is C18H20ClNO3. The van der Waals surface area contributed by atoms with Gasteiger partial charge in [0.25, 0.3) is 5.91 Å². The van der Waals surface area contributed by atoms with Crippen LogP contribution in [0.1, 0.15) is 28.4 Å². The van der Waals surface area contributed by atoms with Crippen LogP contribution >= 0.6 is 11.6 Å². The second kappa shape index (κ2) is 7.99. The van der Waals surface area contributed by atoms with Crippen molar-refractivity contribution in [3.05, 3.63) is 64.7 Å². The molecule has 0 saturated carbocycles. The number of halogens is 1. The standard InChI is InChI=1S/C18H20ClNO3/c1-20(16(10-11-21)13-6-4-3-5-7-13)18(22)14-8-9-15(19)17(12-14)23-2/h3-9,12,16,21H,10-11H2,1-2H3. The third kappa shape index (κ3) is 4.03. The molecule has 0 aliphatic carbocycles. The van der Waals surface area contributed by atoms with Gasteiger partial charge in [-0.2, -0.15) is 0 Å². The van der Waals surface area contributed by atoms with Gasteiger partial charge in [0.1, 0.15) is 5.75 Å². The first kappa shape index (κ1) is 17.3. The fraction of sp³-hybridized carbons (Fsp3) is 0.278. The SMILES string of the molecule is COc1cc(C(=O)N(C)C(CCO)c2ccccc2)ccc1Cl. The number of nitrogens with zero attached hydrogens (tertiary/aromatic N) is 1. The second-order valence-corrected chi connectivity index (χ2v) is 5.61. The number of methoxy groups -OCH3 is 1. The molecule has 0 aliphatic heterocycles. The van der Waals surface area contributed by atoms with Crippen LogP contribution in [0.25, 0.3) is 0 Å². The number of hydrogen-bond donors (Lipinski definition) is 1. The summed E-state index contributed by atoms with van der Waals surface area (Å²) in [5.41, 5.74) is 1.48. The van der Waals surface area contributed by atoms with Gasteiger partial charge < -0.3 is 14.7 Å². The zero-order chi connectivity index (χ0) is 16.8. The van der Waals surface area contributed by atoms with Crippen LogP contribution in [-0.2, 0) is 0 Å². The smallest absolute Gasteiger partial charge is 0.254 e. The molecular weight excluding hydrogens is 314 g/mol. The van der Waals surface area contributed by atoms with Gasteiger partial charge in [-0.3, -0.25) is 4.79 Å². The first-order chi connectivity index (χ1) is 11.1. The molecule has 2 aromatic rings. The molecule has 0 aliphatic rings. The number of carbonyl (C=O) groups excluding carboxylic acids is 1. The summed E-state index contributed by atoms with van der Waals surface area (Å²) in [6, 6.07) is 14.4. The number of ether oxygens (including phenoxy) is 1. The molecule has 0 heterocycles. The fourth-order valence-corrected chi connectivity index (χ4v) is 2.71. The first-order valence-corrected chi connectivity index (χ1v) is 7.72. The number of aliphatic hydroxyl groups is 1. The normalized spacial score (nSPS) is 11.8. The quantitative estimate of drug-likeness (QED) is 0.879. The van der Waals surface area contributed by atoms with Crippen LogP contribution in [0.2, 0.25) is 5.02 Å². The highest BCUT2D eigenvalue weighted by atomic mass is 35.5. The molecule has 5 heteroatoms.